The first kappa shape index (κ1) is 18.2. The molecule has 0 saturated carbocycles. The van der Waals surface area contributed by atoms with Gasteiger partial charge in [-0.05, 0) is 48.0 Å². The second-order valence-corrected chi connectivity index (χ2v) is 5.97. The molecule has 0 aliphatic heterocycles. The Bertz CT molecular complexity index is 922. The van der Waals surface area contributed by atoms with Crippen LogP contribution in [0.4, 0.5) is 11.4 Å². The van der Waals surface area contributed by atoms with E-state index in [1.807, 2.05) is 54.6 Å². The number of carbonyl (C=O) groups is 2. The normalized spacial score (nSPS) is 10.1. The largest absolute Gasteiger partial charge is 0.497 e. The van der Waals surface area contributed by atoms with Crippen molar-refractivity contribution in [3.8, 4) is 5.75 Å². The minimum atomic E-state index is -0.229. The zero-order valence-electron chi connectivity index (χ0n) is 14.9. The number of rotatable bonds is 6. The highest BCUT2D eigenvalue weighted by Crippen LogP contribution is 2.15. The van der Waals surface area contributed by atoms with Crippen molar-refractivity contribution in [3.05, 3.63) is 90.0 Å². The lowest BCUT2D eigenvalue weighted by molar-refractivity contribution is -0.115. The molecule has 0 unspecified atom stereocenters. The van der Waals surface area contributed by atoms with E-state index in [1.54, 1.807) is 31.4 Å². The Morgan fingerprint density at radius 3 is 2.22 bits per heavy atom. The fourth-order valence-corrected chi connectivity index (χ4v) is 2.60. The van der Waals surface area contributed by atoms with Gasteiger partial charge in [0.05, 0.1) is 13.5 Å². The van der Waals surface area contributed by atoms with Crippen molar-refractivity contribution >= 4 is 23.2 Å². The molecule has 0 bridgehead atoms. The number of para-hydroxylation sites is 1. The van der Waals surface area contributed by atoms with Gasteiger partial charge in [0.1, 0.15) is 5.75 Å². The molecule has 0 aliphatic carbocycles. The van der Waals surface area contributed by atoms with Crippen LogP contribution in [0.15, 0.2) is 78.9 Å². The Morgan fingerprint density at radius 2 is 1.52 bits per heavy atom. The Labute approximate surface area is 158 Å². The fraction of sp³-hybridized carbons (Fsp3) is 0.0909. The van der Waals surface area contributed by atoms with Crippen molar-refractivity contribution in [3.63, 3.8) is 0 Å². The van der Waals surface area contributed by atoms with E-state index in [0.717, 1.165) is 17.0 Å². The summed E-state index contributed by atoms with van der Waals surface area (Å²) in [4.78, 5) is 24.6. The lowest BCUT2D eigenvalue weighted by atomic mass is 10.1. The van der Waals surface area contributed by atoms with Crippen molar-refractivity contribution in [2.45, 2.75) is 6.42 Å². The number of ether oxygens (including phenoxy) is 1. The Morgan fingerprint density at radius 1 is 0.815 bits per heavy atom. The van der Waals surface area contributed by atoms with Crippen LogP contribution < -0.4 is 15.4 Å². The molecule has 3 rings (SSSR count). The average molecular weight is 360 g/mol. The zero-order valence-corrected chi connectivity index (χ0v) is 14.9. The van der Waals surface area contributed by atoms with Crippen LogP contribution >= 0.6 is 0 Å². The fourth-order valence-electron chi connectivity index (χ4n) is 2.60. The second-order valence-electron chi connectivity index (χ2n) is 5.97. The minimum absolute atomic E-state index is 0.152. The van der Waals surface area contributed by atoms with E-state index in [0.29, 0.717) is 11.3 Å². The van der Waals surface area contributed by atoms with Gasteiger partial charge in [-0.1, -0.05) is 36.4 Å². The first-order chi connectivity index (χ1) is 13.1. The van der Waals surface area contributed by atoms with Crippen LogP contribution in [0.25, 0.3) is 0 Å². The molecule has 2 N–H and O–H groups in total. The molecular formula is C22H20N2O3. The smallest absolute Gasteiger partial charge is 0.255 e. The third kappa shape index (κ3) is 5.19. The third-order valence-corrected chi connectivity index (χ3v) is 3.96. The highest BCUT2D eigenvalue weighted by atomic mass is 16.5. The van der Waals surface area contributed by atoms with Crippen molar-refractivity contribution < 1.29 is 14.3 Å². The third-order valence-electron chi connectivity index (χ3n) is 3.96. The molecule has 0 radical (unpaired) electrons. The summed E-state index contributed by atoms with van der Waals surface area (Å²) in [5, 5.41) is 5.65. The van der Waals surface area contributed by atoms with Gasteiger partial charge in [0.15, 0.2) is 0 Å². The van der Waals surface area contributed by atoms with E-state index in [4.69, 9.17) is 4.74 Å². The van der Waals surface area contributed by atoms with Gasteiger partial charge < -0.3 is 15.4 Å². The van der Waals surface area contributed by atoms with Crippen molar-refractivity contribution in [1.29, 1.82) is 0 Å². The molecule has 5 nitrogen and oxygen atoms in total. The van der Waals surface area contributed by atoms with Gasteiger partial charge >= 0.3 is 0 Å². The molecule has 0 aliphatic rings. The number of nitrogens with one attached hydrogen (secondary N) is 2. The number of benzene rings is 3. The standard InChI is InChI=1S/C22H20N2O3/c1-27-20-12-10-16(11-13-20)14-21(25)23-19-9-5-6-17(15-19)22(26)24-18-7-3-2-4-8-18/h2-13,15H,14H2,1H3,(H,23,25)(H,24,26). The maximum atomic E-state index is 12.4. The Kier molecular flexibility index (Phi) is 5.84. The molecule has 5 heteroatoms. The van der Waals surface area contributed by atoms with Gasteiger partial charge in [-0.15, -0.1) is 0 Å². The maximum Gasteiger partial charge on any atom is 0.255 e. The molecule has 0 aromatic heterocycles. The van der Waals surface area contributed by atoms with E-state index in [2.05, 4.69) is 10.6 Å². The Hall–Kier alpha value is -3.60. The van der Waals surface area contributed by atoms with Gasteiger partial charge in [0, 0.05) is 16.9 Å². The number of amides is 2. The molecule has 0 atom stereocenters. The number of hydrogen-bond acceptors (Lipinski definition) is 3. The highest BCUT2D eigenvalue weighted by Gasteiger charge is 2.09. The number of methoxy groups -OCH3 is 1. The summed E-state index contributed by atoms with van der Waals surface area (Å²) in [5.41, 5.74) is 2.65. The van der Waals surface area contributed by atoms with Crippen LogP contribution in [0.1, 0.15) is 15.9 Å². The van der Waals surface area contributed by atoms with Crippen molar-refractivity contribution in [1.82, 2.24) is 0 Å². The van der Waals surface area contributed by atoms with E-state index in [1.165, 1.54) is 0 Å². The summed E-state index contributed by atoms with van der Waals surface area (Å²) in [6.45, 7) is 0. The average Bonchev–Trinajstić information content (AvgIpc) is 2.69. The molecule has 3 aromatic rings. The molecule has 0 heterocycles. The van der Waals surface area contributed by atoms with Gasteiger partial charge in [0.2, 0.25) is 5.91 Å². The molecule has 3 aromatic carbocycles. The summed E-state index contributed by atoms with van der Waals surface area (Å²) in [7, 11) is 1.60. The van der Waals surface area contributed by atoms with Crippen LogP contribution in [0.3, 0.4) is 0 Å². The predicted octanol–water partition coefficient (Wildman–Crippen LogP) is 4.13. The zero-order chi connectivity index (χ0) is 19.1. The molecule has 0 spiro atoms. The molecule has 0 fully saturated rings. The maximum absolute atomic E-state index is 12.4. The molecule has 0 saturated heterocycles. The van der Waals surface area contributed by atoms with Gasteiger partial charge in [-0.25, -0.2) is 0 Å². The topological polar surface area (TPSA) is 67.4 Å². The number of hydrogen-bond donors (Lipinski definition) is 2. The molecule has 2 amide bonds. The summed E-state index contributed by atoms with van der Waals surface area (Å²) in [6, 6.07) is 23.4. The first-order valence-corrected chi connectivity index (χ1v) is 8.53. The van der Waals surface area contributed by atoms with Gasteiger partial charge in [-0.3, -0.25) is 9.59 Å². The van der Waals surface area contributed by atoms with Crippen LogP contribution in [-0.2, 0) is 11.2 Å². The number of anilines is 2. The van der Waals surface area contributed by atoms with E-state index >= 15 is 0 Å². The summed E-state index contributed by atoms with van der Waals surface area (Å²) in [5.74, 6) is 0.365. The lowest BCUT2D eigenvalue weighted by Crippen LogP contribution is -2.16. The highest BCUT2D eigenvalue weighted by molar-refractivity contribution is 6.05. The van der Waals surface area contributed by atoms with Crippen LogP contribution in [0.2, 0.25) is 0 Å². The van der Waals surface area contributed by atoms with Crippen molar-refractivity contribution in [2.75, 3.05) is 17.7 Å². The quantitative estimate of drug-likeness (QED) is 0.695. The first-order valence-electron chi connectivity index (χ1n) is 8.53. The summed E-state index contributed by atoms with van der Waals surface area (Å²) < 4.78 is 5.11. The van der Waals surface area contributed by atoms with Crippen LogP contribution in [0.5, 0.6) is 5.75 Å². The van der Waals surface area contributed by atoms with Crippen LogP contribution in [0, 0.1) is 0 Å². The van der Waals surface area contributed by atoms with Crippen molar-refractivity contribution in [2.24, 2.45) is 0 Å². The van der Waals surface area contributed by atoms with Gasteiger partial charge in [-0.2, -0.15) is 0 Å². The van der Waals surface area contributed by atoms with Crippen LogP contribution in [-0.4, -0.2) is 18.9 Å². The monoisotopic (exact) mass is 360 g/mol. The molecule has 136 valence electrons. The minimum Gasteiger partial charge on any atom is -0.497 e. The molecular weight excluding hydrogens is 340 g/mol. The summed E-state index contributed by atoms with van der Waals surface area (Å²) >= 11 is 0. The van der Waals surface area contributed by atoms with Gasteiger partial charge in [0.25, 0.3) is 5.91 Å². The molecule has 27 heavy (non-hydrogen) atoms. The predicted molar refractivity (Wildman–Crippen MR) is 106 cm³/mol. The van der Waals surface area contributed by atoms with E-state index in [-0.39, 0.29) is 18.2 Å². The lowest BCUT2D eigenvalue weighted by Gasteiger charge is -2.09. The Balaban J connectivity index is 1.62. The second kappa shape index (κ2) is 8.67. The SMILES string of the molecule is COc1ccc(CC(=O)Nc2cccc(C(=O)Nc3ccccc3)c2)cc1. The van der Waals surface area contributed by atoms with E-state index in [9.17, 15) is 9.59 Å². The summed E-state index contributed by atoms with van der Waals surface area (Å²) in [6.07, 6.45) is 0.241. The van der Waals surface area contributed by atoms with E-state index < -0.39 is 0 Å². The number of carbonyl (C=O) groups excluding carboxylic acids is 2.